The highest BCUT2D eigenvalue weighted by molar-refractivity contribution is 5.94. The number of nitrogens with one attached hydrogen (secondary N) is 1. The topological polar surface area (TPSA) is 64.4 Å². The Balaban J connectivity index is 1.74. The van der Waals surface area contributed by atoms with Gasteiger partial charge in [0.1, 0.15) is 18.1 Å². The Morgan fingerprint density at radius 2 is 1.69 bits per heavy atom. The third-order valence-electron chi connectivity index (χ3n) is 5.14. The van der Waals surface area contributed by atoms with E-state index in [4.69, 9.17) is 9.26 Å². The minimum atomic E-state index is -0.270. The summed E-state index contributed by atoms with van der Waals surface area (Å²) in [6.45, 7) is 12.1. The zero-order valence-corrected chi connectivity index (χ0v) is 17.9. The van der Waals surface area contributed by atoms with Gasteiger partial charge in [0.15, 0.2) is 5.69 Å². The lowest BCUT2D eigenvalue weighted by Gasteiger charge is -2.17. The summed E-state index contributed by atoms with van der Waals surface area (Å²) < 4.78 is 11.2. The van der Waals surface area contributed by atoms with E-state index in [1.807, 2.05) is 39.0 Å². The minimum Gasteiger partial charge on any atom is -0.488 e. The Bertz CT molecular complexity index is 1040. The van der Waals surface area contributed by atoms with Crippen molar-refractivity contribution in [2.45, 2.75) is 54.2 Å². The number of rotatable bonds is 6. The van der Waals surface area contributed by atoms with E-state index < -0.39 is 0 Å². The van der Waals surface area contributed by atoms with E-state index in [1.165, 1.54) is 11.1 Å². The number of amides is 1. The molecule has 0 aliphatic carbocycles. The first-order valence-corrected chi connectivity index (χ1v) is 9.79. The summed E-state index contributed by atoms with van der Waals surface area (Å²) in [6, 6.07) is 12.1. The van der Waals surface area contributed by atoms with E-state index in [0.29, 0.717) is 11.3 Å². The Hall–Kier alpha value is -3.08. The molecule has 5 nitrogen and oxygen atoms in total. The maximum atomic E-state index is 12.9. The van der Waals surface area contributed by atoms with Crippen LogP contribution in [0.15, 0.2) is 40.9 Å². The maximum absolute atomic E-state index is 12.9. The van der Waals surface area contributed by atoms with Crippen LogP contribution in [0.3, 0.4) is 0 Å². The molecule has 1 heterocycles. The van der Waals surface area contributed by atoms with E-state index in [2.05, 4.69) is 42.5 Å². The van der Waals surface area contributed by atoms with E-state index in [-0.39, 0.29) is 24.2 Å². The van der Waals surface area contributed by atoms with Crippen LogP contribution in [0.25, 0.3) is 0 Å². The summed E-state index contributed by atoms with van der Waals surface area (Å²) in [4.78, 5) is 12.9. The van der Waals surface area contributed by atoms with Crippen molar-refractivity contribution in [2.75, 3.05) is 0 Å². The zero-order valence-electron chi connectivity index (χ0n) is 17.9. The molecular weight excluding hydrogens is 364 g/mol. The van der Waals surface area contributed by atoms with Crippen LogP contribution in [0.1, 0.15) is 62.6 Å². The van der Waals surface area contributed by atoms with E-state index in [1.54, 1.807) is 6.92 Å². The first-order chi connectivity index (χ1) is 13.8. The molecule has 0 radical (unpaired) electrons. The molecule has 0 fully saturated rings. The lowest BCUT2D eigenvalue weighted by atomic mass is 10.00. The fourth-order valence-electron chi connectivity index (χ4n) is 3.50. The first kappa shape index (κ1) is 20.6. The number of aryl methyl sites for hydroxylation is 5. The average Bonchev–Trinajstić information content (AvgIpc) is 3.01. The van der Waals surface area contributed by atoms with Crippen molar-refractivity contribution in [1.29, 1.82) is 0 Å². The van der Waals surface area contributed by atoms with Crippen molar-refractivity contribution in [3.63, 3.8) is 0 Å². The van der Waals surface area contributed by atoms with Crippen LogP contribution in [0.2, 0.25) is 0 Å². The van der Waals surface area contributed by atoms with Gasteiger partial charge in [0.25, 0.3) is 5.91 Å². The largest absolute Gasteiger partial charge is 0.488 e. The van der Waals surface area contributed by atoms with Crippen molar-refractivity contribution < 1.29 is 14.1 Å². The highest BCUT2D eigenvalue weighted by Crippen LogP contribution is 2.23. The molecule has 3 aromatic rings. The SMILES string of the molecule is Cc1ccc(OCc2c(C(=O)NC(C)c3ccc(C)cc3C)noc2C)c(C)c1. The lowest BCUT2D eigenvalue weighted by Crippen LogP contribution is -2.28. The molecule has 1 aromatic heterocycles. The highest BCUT2D eigenvalue weighted by atomic mass is 16.5. The van der Waals surface area contributed by atoms with Gasteiger partial charge in [-0.1, -0.05) is 46.6 Å². The van der Waals surface area contributed by atoms with Crippen LogP contribution >= 0.6 is 0 Å². The molecule has 1 amide bonds. The fourth-order valence-corrected chi connectivity index (χ4v) is 3.50. The number of hydrogen-bond donors (Lipinski definition) is 1. The number of nitrogens with zero attached hydrogens (tertiary/aromatic N) is 1. The Kier molecular flexibility index (Phi) is 6.06. The third-order valence-corrected chi connectivity index (χ3v) is 5.14. The predicted octanol–water partition coefficient (Wildman–Crippen LogP) is 5.29. The molecule has 5 heteroatoms. The van der Waals surface area contributed by atoms with Crippen LogP contribution in [0.5, 0.6) is 5.75 Å². The molecule has 29 heavy (non-hydrogen) atoms. The molecule has 0 saturated heterocycles. The number of hydrogen-bond acceptors (Lipinski definition) is 4. The van der Waals surface area contributed by atoms with Crippen molar-refractivity contribution >= 4 is 5.91 Å². The second-order valence-electron chi connectivity index (χ2n) is 7.68. The Morgan fingerprint density at radius 3 is 2.34 bits per heavy atom. The standard InChI is InChI=1S/C24H28N2O3/c1-14-7-9-20(16(3)11-14)18(5)25-24(27)23-21(19(6)29-26-23)13-28-22-10-8-15(2)12-17(22)4/h7-12,18H,13H2,1-6H3,(H,25,27). The van der Waals surface area contributed by atoms with E-state index >= 15 is 0 Å². The monoisotopic (exact) mass is 392 g/mol. The lowest BCUT2D eigenvalue weighted by molar-refractivity contribution is 0.0928. The number of benzene rings is 2. The molecule has 0 bridgehead atoms. The molecule has 1 unspecified atom stereocenters. The van der Waals surface area contributed by atoms with Gasteiger partial charge < -0.3 is 14.6 Å². The van der Waals surface area contributed by atoms with Crippen LogP contribution < -0.4 is 10.1 Å². The second kappa shape index (κ2) is 8.52. The number of carbonyl (C=O) groups excluding carboxylic acids is 1. The molecule has 1 atom stereocenters. The van der Waals surface area contributed by atoms with Gasteiger partial charge in [-0.05, 0) is 64.3 Å². The summed E-state index contributed by atoms with van der Waals surface area (Å²) in [5.74, 6) is 1.10. The third kappa shape index (κ3) is 4.67. The Labute approximate surface area is 172 Å². The van der Waals surface area contributed by atoms with Gasteiger partial charge in [0, 0.05) is 0 Å². The molecule has 0 aliphatic rings. The maximum Gasteiger partial charge on any atom is 0.274 e. The van der Waals surface area contributed by atoms with Gasteiger partial charge in [-0.15, -0.1) is 0 Å². The van der Waals surface area contributed by atoms with E-state index in [0.717, 1.165) is 22.4 Å². The first-order valence-electron chi connectivity index (χ1n) is 9.79. The molecule has 0 aliphatic heterocycles. The molecule has 0 saturated carbocycles. The average molecular weight is 392 g/mol. The van der Waals surface area contributed by atoms with E-state index in [9.17, 15) is 4.79 Å². The summed E-state index contributed by atoms with van der Waals surface area (Å²) in [6.07, 6.45) is 0. The highest BCUT2D eigenvalue weighted by Gasteiger charge is 2.22. The summed E-state index contributed by atoms with van der Waals surface area (Å²) in [5, 5.41) is 7.01. The van der Waals surface area contributed by atoms with Gasteiger partial charge in [-0.3, -0.25) is 4.79 Å². The van der Waals surface area contributed by atoms with Crippen molar-refractivity contribution in [1.82, 2.24) is 10.5 Å². The second-order valence-corrected chi connectivity index (χ2v) is 7.68. The Morgan fingerprint density at radius 1 is 1.03 bits per heavy atom. The van der Waals surface area contributed by atoms with Gasteiger partial charge in [-0.25, -0.2) is 0 Å². The normalized spacial score (nSPS) is 11.9. The molecule has 1 N–H and O–H groups in total. The van der Waals surface area contributed by atoms with Crippen LogP contribution in [-0.2, 0) is 6.61 Å². The van der Waals surface area contributed by atoms with Crippen LogP contribution in [-0.4, -0.2) is 11.1 Å². The number of ether oxygens (including phenoxy) is 1. The summed E-state index contributed by atoms with van der Waals surface area (Å²) in [5.41, 5.74) is 6.58. The van der Waals surface area contributed by atoms with Crippen molar-refractivity contribution in [3.05, 3.63) is 81.2 Å². The fraction of sp³-hybridized carbons (Fsp3) is 0.333. The quantitative estimate of drug-likeness (QED) is 0.619. The van der Waals surface area contributed by atoms with Gasteiger partial charge in [0.2, 0.25) is 0 Å². The van der Waals surface area contributed by atoms with Crippen molar-refractivity contribution in [3.8, 4) is 5.75 Å². The molecule has 3 rings (SSSR count). The molecular formula is C24H28N2O3. The van der Waals surface area contributed by atoms with Crippen LogP contribution in [0, 0.1) is 34.6 Å². The summed E-state index contributed by atoms with van der Waals surface area (Å²) >= 11 is 0. The number of carbonyl (C=O) groups is 1. The zero-order chi connectivity index (χ0) is 21.1. The molecule has 0 spiro atoms. The van der Waals surface area contributed by atoms with Gasteiger partial charge in [-0.2, -0.15) is 0 Å². The predicted molar refractivity (Wildman–Crippen MR) is 113 cm³/mol. The minimum absolute atomic E-state index is 0.145. The van der Waals surface area contributed by atoms with Crippen LogP contribution in [0.4, 0.5) is 0 Å². The summed E-state index contributed by atoms with van der Waals surface area (Å²) in [7, 11) is 0. The molecule has 2 aromatic carbocycles. The van der Waals surface area contributed by atoms with Gasteiger partial charge >= 0.3 is 0 Å². The molecule has 152 valence electrons. The van der Waals surface area contributed by atoms with Crippen molar-refractivity contribution in [2.24, 2.45) is 0 Å². The van der Waals surface area contributed by atoms with Gasteiger partial charge in [0.05, 0.1) is 11.6 Å². The smallest absolute Gasteiger partial charge is 0.274 e. The number of aromatic nitrogens is 1.